The fourth-order valence-electron chi connectivity index (χ4n) is 8.18. The van der Waals surface area contributed by atoms with Gasteiger partial charge in [0.15, 0.2) is 33.9 Å². The van der Waals surface area contributed by atoms with Crippen molar-refractivity contribution in [1.29, 1.82) is 0 Å². The molecule has 2 aromatic carbocycles. The minimum absolute atomic E-state index is 0.0164. The third kappa shape index (κ3) is 3.89. The van der Waals surface area contributed by atoms with Crippen molar-refractivity contribution in [1.82, 2.24) is 0 Å². The molecule has 2 aromatic rings. The molecule has 0 saturated carbocycles. The second kappa shape index (κ2) is 10.1. The van der Waals surface area contributed by atoms with E-state index in [-0.39, 0.29) is 40.7 Å². The van der Waals surface area contributed by atoms with Crippen molar-refractivity contribution in [2.24, 2.45) is 0 Å². The highest BCUT2D eigenvalue weighted by Crippen LogP contribution is 2.57. The molecule has 0 spiro atoms. The molecule has 0 radical (unpaired) electrons. The number of phenolic OH excluding ortho intramolecular Hbond substituents is 4. The van der Waals surface area contributed by atoms with Gasteiger partial charge in [0.05, 0.1) is 51.8 Å². The van der Waals surface area contributed by atoms with Gasteiger partial charge in [0.25, 0.3) is 0 Å². The molecule has 0 bridgehead atoms. The van der Waals surface area contributed by atoms with Crippen molar-refractivity contribution in [2.45, 2.75) is 83.1 Å². The molecule has 4 aliphatic heterocycles. The molecular formula is C35H28O14. The van der Waals surface area contributed by atoms with Crippen LogP contribution in [0.25, 0.3) is 21.9 Å². The molecule has 4 N–H and O–H groups in total. The Morgan fingerprint density at radius 3 is 1.73 bits per heavy atom. The predicted molar refractivity (Wildman–Crippen MR) is 166 cm³/mol. The van der Waals surface area contributed by atoms with Crippen LogP contribution in [0.1, 0.15) is 98.7 Å². The maximum absolute atomic E-state index is 14.5. The van der Waals surface area contributed by atoms with Crippen molar-refractivity contribution in [3.63, 3.8) is 0 Å². The average molecular weight is 673 g/mol. The zero-order valence-corrected chi connectivity index (χ0v) is 26.4. The van der Waals surface area contributed by atoms with E-state index in [9.17, 15) is 49.2 Å². The Labute approximate surface area is 274 Å². The Hall–Kier alpha value is -5.34. The van der Waals surface area contributed by atoms with Crippen LogP contribution in [0.3, 0.4) is 0 Å². The molecule has 2 fully saturated rings. The lowest BCUT2D eigenvalue weighted by Gasteiger charge is -2.33. The highest BCUT2D eigenvalue weighted by molar-refractivity contribution is 6.07. The molecule has 4 heterocycles. The lowest BCUT2D eigenvalue weighted by molar-refractivity contribution is -0.144. The van der Waals surface area contributed by atoms with Gasteiger partial charge in [0, 0.05) is 33.4 Å². The minimum atomic E-state index is -1.24. The molecule has 14 heteroatoms. The number of phenols is 4. The molecular weight excluding hydrogens is 644 g/mol. The van der Waals surface area contributed by atoms with Gasteiger partial charge in [-0.1, -0.05) is 13.8 Å². The highest BCUT2D eigenvalue weighted by Gasteiger charge is 2.48. The highest BCUT2D eigenvalue weighted by atomic mass is 16.6. The van der Waals surface area contributed by atoms with Gasteiger partial charge in [-0.25, -0.2) is 0 Å². The Bertz CT molecular complexity index is 2510. The van der Waals surface area contributed by atoms with Gasteiger partial charge in [-0.2, -0.15) is 0 Å². The number of hydrogen-bond acceptors (Lipinski definition) is 14. The van der Waals surface area contributed by atoms with E-state index in [0.717, 1.165) is 6.07 Å². The second-order valence-corrected chi connectivity index (χ2v) is 13.3. The summed E-state index contributed by atoms with van der Waals surface area (Å²) in [5, 5.41) is 43.7. The van der Waals surface area contributed by atoms with Crippen LogP contribution in [0, 0.1) is 10.4 Å². The van der Waals surface area contributed by atoms with E-state index in [2.05, 4.69) is 0 Å². The number of esters is 2. The van der Waals surface area contributed by atoms with Crippen molar-refractivity contribution in [3.8, 4) is 34.1 Å². The first-order valence-electron chi connectivity index (χ1n) is 15.7. The van der Waals surface area contributed by atoms with Gasteiger partial charge in [0.1, 0.15) is 35.2 Å². The summed E-state index contributed by atoms with van der Waals surface area (Å²) in [4.78, 5) is 81.0. The molecule has 0 unspecified atom stereocenters. The summed E-state index contributed by atoms with van der Waals surface area (Å²) in [5.74, 6) is -4.86. The third-order valence-corrected chi connectivity index (χ3v) is 10.1. The zero-order valence-electron chi connectivity index (χ0n) is 26.4. The predicted octanol–water partition coefficient (Wildman–Crippen LogP) is 2.39. The van der Waals surface area contributed by atoms with Crippen LogP contribution in [0.15, 0.2) is 25.2 Å². The first-order chi connectivity index (χ1) is 23.1. The lowest BCUT2D eigenvalue weighted by atomic mass is 9.83. The number of fused-ring (bicyclic) bond motifs is 7. The van der Waals surface area contributed by atoms with Crippen molar-refractivity contribution >= 4 is 22.7 Å². The number of aromatic hydroxyl groups is 4. The van der Waals surface area contributed by atoms with E-state index < -0.39 is 132 Å². The molecule has 0 amide bonds. The van der Waals surface area contributed by atoms with Crippen LogP contribution < -0.4 is 21.7 Å². The maximum atomic E-state index is 14.5. The van der Waals surface area contributed by atoms with Crippen LogP contribution in [0.5, 0.6) is 23.0 Å². The first kappa shape index (κ1) is 31.0. The molecule has 6 atom stereocenters. The fourth-order valence-corrected chi connectivity index (χ4v) is 8.18. The summed E-state index contributed by atoms with van der Waals surface area (Å²) in [6.07, 6.45) is -6.23. The number of carbonyl (C=O) groups is 2. The molecule has 252 valence electrons. The first-order valence-corrected chi connectivity index (χ1v) is 15.7. The number of rotatable bonds is 2. The van der Waals surface area contributed by atoms with E-state index in [1.807, 2.05) is 0 Å². The van der Waals surface area contributed by atoms with E-state index in [4.69, 9.17) is 18.9 Å². The quantitative estimate of drug-likeness (QED) is 0.178. The van der Waals surface area contributed by atoms with Crippen LogP contribution in [-0.4, -0.2) is 44.6 Å². The Balaban J connectivity index is 1.48. The van der Waals surface area contributed by atoms with Crippen LogP contribution >= 0.6 is 0 Å². The molecule has 49 heavy (non-hydrogen) atoms. The molecule has 0 aromatic heterocycles. The van der Waals surface area contributed by atoms with E-state index in [1.165, 1.54) is 6.92 Å². The topological polar surface area (TPSA) is 220 Å². The summed E-state index contributed by atoms with van der Waals surface area (Å²) in [7, 11) is 0. The normalized spacial score (nSPS) is 25.7. The van der Waals surface area contributed by atoms with Crippen molar-refractivity contribution in [2.75, 3.05) is 0 Å². The number of hydrogen-bond donors (Lipinski definition) is 4. The van der Waals surface area contributed by atoms with Gasteiger partial charge in [-0.15, -0.1) is 0 Å². The average Bonchev–Trinajstić information content (AvgIpc) is 3.58. The molecule has 2 saturated heterocycles. The summed E-state index contributed by atoms with van der Waals surface area (Å²) in [6.45, 7) is 6.11. The van der Waals surface area contributed by atoms with E-state index >= 15 is 0 Å². The van der Waals surface area contributed by atoms with Crippen molar-refractivity contribution in [3.05, 3.63) is 85.2 Å². The zero-order chi connectivity index (χ0) is 35.1. The standard InChI is InChI=1S/C35H28O14/c1-8(2)17-20(31(43)24-23(28(17)40)33(45)26-19(30(24)42)10(4)47-14-7-16(38)49-35(14)26)11-5-12(36)21-22(27(11)39)29(41)18-9(3)46-13-6-15(37)48-34(13)25(18)32(21)44/h5,8-10,13-14,34-36,39,41,44H,6-7H2,1-4H3/t9-,10-,13+,14+,34+,35-/m1/s1. The summed E-state index contributed by atoms with van der Waals surface area (Å²) in [6, 6.07) is 0.910. The third-order valence-electron chi connectivity index (χ3n) is 10.1. The summed E-state index contributed by atoms with van der Waals surface area (Å²) < 4.78 is 22.3. The van der Waals surface area contributed by atoms with Gasteiger partial charge < -0.3 is 39.4 Å². The molecule has 6 aliphatic rings. The fraction of sp³-hybridized carbons (Fsp3) is 0.371. The van der Waals surface area contributed by atoms with Crippen LogP contribution in [-0.2, 0) is 28.5 Å². The second-order valence-electron chi connectivity index (χ2n) is 13.3. The van der Waals surface area contributed by atoms with Crippen molar-refractivity contribution < 1.29 is 49.0 Å². The van der Waals surface area contributed by atoms with Gasteiger partial charge in [-0.3, -0.25) is 28.8 Å². The van der Waals surface area contributed by atoms with E-state index in [1.54, 1.807) is 20.8 Å². The monoisotopic (exact) mass is 672 g/mol. The summed E-state index contributed by atoms with van der Waals surface area (Å²) >= 11 is 0. The molecule has 2 aliphatic carbocycles. The SMILES string of the molecule is CC(C)c1c(-c2cc(O)c3c(O)c4c(c(O)c3c2O)[C@@H](C)O[C@H]2CC(=O)O[C@H]42)c(=O)c2c(=O)c3c(c(=O)c=2c1=O)[C@@H]1OC(=O)C[C@@H]1O[C@@H]3C. The number of ether oxygens (including phenoxy) is 4. The number of benzene rings is 2. The Kier molecular flexibility index (Phi) is 6.38. The molecule has 14 nitrogen and oxygen atoms in total. The largest absolute Gasteiger partial charge is 0.507 e. The number of carbonyl (C=O) groups excluding carboxylic acids is 2. The smallest absolute Gasteiger partial charge is 0.309 e. The maximum Gasteiger partial charge on any atom is 0.309 e. The lowest BCUT2D eigenvalue weighted by Crippen LogP contribution is -2.41. The van der Waals surface area contributed by atoms with Gasteiger partial charge in [0.2, 0.25) is 0 Å². The molecule has 8 rings (SSSR count). The van der Waals surface area contributed by atoms with E-state index in [0.29, 0.717) is 0 Å². The van der Waals surface area contributed by atoms with Gasteiger partial charge in [-0.05, 0) is 25.8 Å². The Morgan fingerprint density at radius 1 is 0.633 bits per heavy atom. The Morgan fingerprint density at radius 2 is 1.14 bits per heavy atom. The summed E-state index contributed by atoms with van der Waals surface area (Å²) in [5.41, 5.74) is -5.72. The minimum Gasteiger partial charge on any atom is -0.507 e. The van der Waals surface area contributed by atoms with Crippen LogP contribution in [0.4, 0.5) is 0 Å². The van der Waals surface area contributed by atoms with Crippen LogP contribution in [0.2, 0.25) is 0 Å². The van der Waals surface area contributed by atoms with Gasteiger partial charge >= 0.3 is 11.9 Å².